The number of halogens is 4. The second-order valence-corrected chi connectivity index (χ2v) is 5.23. The van der Waals surface area contributed by atoms with Gasteiger partial charge < -0.3 is 20.3 Å². The minimum Gasteiger partial charge on any atom is -0.435 e. The number of nitrogens with zero attached hydrogens (tertiary/aromatic N) is 1. The fourth-order valence-electron chi connectivity index (χ4n) is 1.75. The lowest BCUT2D eigenvalue weighted by Crippen LogP contribution is -2.23. The van der Waals surface area contributed by atoms with Crippen molar-refractivity contribution in [3.63, 3.8) is 0 Å². The maximum atomic E-state index is 12.6. The van der Waals surface area contributed by atoms with Crippen molar-refractivity contribution in [2.24, 2.45) is 0 Å². The van der Waals surface area contributed by atoms with E-state index in [0.29, 0.717) is 11.9 Å². The molecule has 9 heteroatoms. The number of alkyl halides is 3. The summed E-state index contributed by atoms with van der Waals surface area (Å²) in [6, 6.07) is 7.28. The smallest absolute Gasteiger partial charge is 0.417 e. The van der Waals surface area contributed by atoms with E-state index in [1.54, 1.807) is 24.3 Å². The normalized spacial score (nSPS) is 12.8. The molecule has 0 radical (unpaired) electrons. The topological polar surface area (TPSA) is 74.6 Å². The Hall–Kier alpha value is -2.03. The fraction of sp³-hybridized carbons (Fsp3) is 0.267. The molecule has 0 amide bonds. The summed E-state index contributed by atoms with van der Waals surface area (Å²) < 4.78 is 43.3. The third-order valence-corrected chi connectivity index (χ3v) is 3.24. The minimum atomic E-state index is -4.55. The predicted molar refractivity (Wildman–Crippen MR) is 82.3 cm³/mol. The van der Waals surface area contributed by atoms with Gasteiger partial charge >= 0.3 is 6.18 Å². The van der Waals surface area contributed by atoms with Gasteiger partial charge in [0.15, 0.2) is 5.75 Å². The van der Waals surface area contributed by atoms with Crippen molar-refractivity contribution in [2.75, 3.05) is 18.5 Å². The van der Waals surface area contributed by atoms with Gasteiger partial charge in [-0.1, -0.05) is 23.7 Å². The van der Waals surface area contributed by atoms with E-state index in [1.165, 1.54) is 0 Å². The van der Waals surface area contributed by atoms with Crippen molar-refractivity contribution in [1.29, 1.82) is 0 Å². The lowest BCUT2D eigenvalue weighted by Gasteiger charge is -2.15. The number of rotatable bonds is 6. The van der Waals surface area contributed by atoms with Gasteiger partial charge in [-0.2, -0.15) is 13.2 Å². The number of ether oxygens (including phenoxy) is 1. The summed E-state index contributed by atoms with van der Waals surface area (Å²) in [5.41, 5.74) is -0.514. The number of para-hydroxylation sites is 2. The van der Waals surface area contributed by atoms with Crippen LogP contribution in [0.25, 0.3) is 0 Å². The molecule has 1 atom stereocenters. The number of aliphatic hydroxyl groups excluding tert-OH is 2. The third kappa shape index (κ3) is 4.73. The van der Waals surface area contributed by atoms with Gasteiger partial charge in [-0.15, -0.1) is 0 Å². The summed E-state index contributed by atoms with van der Waals surface area (Å²) in [4.78, 5) is 3.60. The van der Waals surface area contributed by atoms with Crippen LogP contribution in [0.5, 0.6) is 11.6 Å². The zero-order chi connectivity index (χ0) is 17.7. The van der Waals surface area contributed by atoms with Crippen molar-refractivity contribution in [2.45, 2.75) is 12.3 Å². The molecule has 2 aromatic rings. The molecule has 0 spiro atoms. The average molecular weight is 363 g/mol. The molecule has 0 aliphatic rings. The summed E-state index contributed by atoms with van der Waals surface area (Å²) in [7, 11) is 0. The van der Waals surface area contributed by atoms with E-state index in [0.717, 1.165) is 6.07 Å². The molecule has 0 bridgehead atoms. The van der Waals surface area contributed by atoms with E-state index in [-0.39, 0.29) is 23.2 Å². The van der Waals surface area contributed by atoms with Crippen LogP contribution in [0.1, 0.15) is 5.56 Å². The van der Waals surface area contributed by atoms with Gasteiger partial charge in [0.05, 0.1) is 24.0 Å². The number of pyridine rings is 1. The Morgan fingerprint density at radius 1 is 1.29 bits per heavy atom. The van der Waals surface area contributed by atoms with Gasteiger partial charge in [0, 0.05) is 12.7 Å². The summed E-state index contributed by atoms with van der Waals surface area (Å²) in [6.07, 6.45) is -4.88. The largest absolute Gasteiger partial charge is 0.435 e. The quantitative estimate of drug-likeness (QED) is 0.735. The van der Waals surface area contributed by atoms with E-state index < -0.39 is 24.5 Å². The minimum absolute atomic E-state index is 0.0606. The van der Waals surface area contributed by atoms with E-state index in [2.05, 4.69) is 10.3 Å². The van der Waals surface area contributed by atoms with Gasteiger partial charge in [-0.05, 0) is 18.2 Å². The highest BCUT2D eigenvalue weighted by Crippen LogP contribution is 2.36. The van der Waals surface area contributed by atoms with Crippen molar-refractivity contribution in [1.82, 2.24) is 4.98 Å². The number of aromatic nitrogens is 1. The molecule has 1 aromatic carbocycles. The van der Waals surface area contributed by atoms with Crippen LogP contribution < -0.4 is 10.1 Å². The van der Waals surface area contributed by atoms with Crippen molar-refractivity contribution in [3.8, 4) is 11.6 Å². The van der Waals surface area contributed by atoms with Crippen molar-refractivity contribution in [3.05, 3.63) is 47.1 Å². The average Bonchev–Trinajstić information content (AvgIpc) is 2.54. The molecular formula is C15H14ClF3N2O3. The van der Waals surface area contributed by atoms with Crippen LogP contribution in [-0.4, -0.2) is 34.5 Å². The predicted octanol–water partition coefficient (Wildman–Crippen LogP) is 3.31. The summed E-state index contributed by atoms with van der Waals surface area (Å²) in [5, 5.41) is 20.7. The zero-order valence-corrected chi connectivity index (χ0v) is 13.0. The Balaban J connectivity index is 2.19. The zero-order valence-electron chi connectivity index (χ0n) is 12.2. The number of benzene rings is 1. The third-order valence-electron chi connectivity index (χ3n) is 2.97. The number of aliphatic hydroxyl groups is 2. The molecule has 1 unspecified atom stereocenters. The fourth-order valence-corrected chi connectivity index (χ4v) is 1.96. The molecule has 2 rings (SSSR count). The molecule has 1 heterocycles. The van der Waals surface area contributed by atoms with Crippen LogP contribution in [-0.2, 0) is 6.18 Å². The molecule has 5 nitrogen and oxygen atoms in total. The Labute approximate surface area is 140 Å². The first-order valence-electron chi connectivity index (χ1n) is 6.83. The Kier molecular flexibility index (Phi) is 5.87. The summed E-state index contributed by atoms with van der Waals surface area (Å²) in [5.74, 6) is 0.0819. The summed E-state index contributed by atoms with van der Waals surface area (Å²) in [6.45, 7) is -0.354. The Morgan fingerprint density at radius 3 is 2.62 bits per heavy atom. The highest BCUT2D eigenvalue weighted by Gasteiger charge is 2.31. The molecule has 130 valence electrons. The Bertz CT molecular complexity index is 698. The summed E-state index contributed by atoms with van der Waals surface area (Å²) >= 11 is 5.81. The maximum Gasteiger partial charge on any atom is 0.417 e. The van der Waals surface area contributed by atoms with E-state index in [4.69, 9.17) is 21.4 Å². The Morgan fingerprint density at radius 2 is 2.00 bits per heavy atom. The van der Waals surface area contributed by atoms with Crippen LogP contribution in [0.15, 0.2) is 36.5 Å². The molecule has 0 saturated heterocycles. The molecule has 3 N–H and O–H groups in total. The van der Waals surface area contributed by atoms with Crippen LogP contribution in [0.2, 0.25) is 5.02 Å². The molecule has 0 aliphatic heterocycles. The van der Waals surface area contributed by atoms with Crippen LogP contribution in [0.3, 0.4) is 0 Å². The van der Waals surface area contributed by atoms with Gasteiger partial charge in [-0.3, -0.25) is 0 Å². The van der Waals surface area contributed by atoms with Gasteiger partial charge in [0.25, 0.3) is 0 Å². The van der Waals surface area contributed by atoms with Gasteiger partial charge in [0.2, 0.25) is 5.88 Å². The monoisotopic (exact) mass is 362 g/mol. The number of hydrogen-bond donors (Lipinski definition) is 3. The number of nitrogens with one attached hydrogen (secondary N) is 1. The number of anilines is 1. The molecular weight excluding hydrogens is 349 g/mol. The van der Waals surface area contributed by atoms with Crippen LogP contribution >= 0.6 is 11.6 Å². The lowest BCUT2D eigenvalue weighted by atomic mass is 10.2. The first-order valence-corrected chi connectivity index (χ1v) is 7.21. The van der Waals surface area contributed by atoms with E-state index in [9.17, 15) is 18.3 Å². The molecule has 0 saturated carbocycles. The van der Waals surface area contributed by atoms with Crippen LogP contribution in [0, 0.1) is 0 Å². The van der Waals surface area contributed by atoms with Gasteiger partial charge in [-0.25, -0.2) is 4.98 Å². The maximum absolute atomic E-state index is 12.6. The first kappa shape index (κ1) is 18.3. The molecule has 0 aliphatic carbocycles. The highest BCUT2D eigenvalue weighted by molar-refractivity contribution is 6.31. The van der Waals surface area contributed by atoms with Crippen molar-refractivity contribution >= 4 is 17.3 Å². The van der Waals surface area contributed by atoms with Gasteiger partial charge in [0.1, 0.15) is 5.02 Å². The molecule has 0 fully saturated rings. The SMILES string of the molecule is OCC(O)CNc1ccccc1Oc1ncc(C(F)(F)F)cc1Cl. The highest BCUT2D eigenvalue weighted by atomic mass is 35.5. The second-order valence-electron chi connectivity index (χ2n) is 4.82. The van der Waals surface area contributed by atoms with Crippen LogP contribution in [0.4, 0.5) is 18.9 Å². The van der Waals surface area contributed by atoms with E-state index >= 15 is 0 Å². The van der Waals surface area contributed by atoms with E-state index in [1.807, 2.05) is 0 Å². The lowest BCUT2D eigenvalue weighted by molar-refractivity contribution is -0.137. The molecule has 24 heavy (non-hydrogen) atoms. The number of hydrogen-bond acceptors (Lipinski definition) is 5. The molecule has 1 aromatic heterocycles. The first-order chi connectivity index (χ1) is 11.3. The second kappa shape index (κ2) is 7.69. The standard InChI is InChI=1S/C15H14ClF3N2O3/c16-11-5-9(15(17,18)19)6-21-14(11)24-13-4-2-1-3-12(13)20-7-10(23)8-22/h1-6,10,20,22-23H,7-8H2. The van der Waals surface area contributed by atoms with Crippen molar-refractivity contribution < 1.29 is 28.1 Å².